The number of alkyl halides is 2. The first-order valence-electron chi connectivity index (χ1n) is 7.43. The highest BCUT2D eigenvalue weighted by atomic mass is 79.9. The lowest BCUT2D eigenvalue weighted by atomic mass is 9.43. The fraction of sp³-hybridized carbons (Fsp3) is 1.00. The van der Waals surface area contributed by atoms with Crippen LogP contribution in [-0.4, -0.2) is 29.4 Å². The maximum absolute atomic E-state index is 6.45. The Morgan fingerprint density at radius 2 is 2.11 bits per heavy atom. The van der Waals surface area contributed by atoms with Gasteiger partial charge in [0.05, 0.1) is 17.0 Å². The van der Waals surface area contributed by atoms with Crippen LogP contribution < -0.4 is 0 Å². The molecule has 0 aromatic heterocycles. The fourth-order valence-electron chi connectivity index (χ4n) is 4.46. The summed E-state index contributed by atoms with van der Waals surface area (Å²) in [4.78, 5) is 0. The second kappa shape index (κ2) is 4.89. The third kappa shape index (κ3) is 2.13. The van der Waals surface area contributed by atoms with Crippen LogP contribution >= 0.6 is 27.5 Å². The van der Waals surface area contributed by atoms with Gasteiger partial charge in [-0.2, -0.15) is 0 Å². The monoisotopic (exact) mass is 348 g/mol. The minimum absolute atomic E-state index is 0.0275. The molecule has 0 aromatic rings. The SMILES string of the molecule is CC1(C)C2CC3OB(C(Cl)CCCBr)O[C@@]3(C)C1C2. The molecular weight excluding hydrogens is 326 g/mol. The molecule has 108 valence electrons. The van der Waals surface area contributed by atoms with Gasteiger partial charge in [0.2, 0.25) is 0 Å². The van der Waals surface area contributed by atoms with Crippen LogP contribution in [0.5, 0.6) is 0 Å². The summed E-state index contributed by atoms with van der Waals surface area (Å²) in [5, 5.41) is 0.960. The Hall–Kier alpha value is 0.755. The lowest BCUT2D eigenvalue weighted by Gasteiger charge is -2.64. The van der Waals surface area contributed by atoms with Crippen LogP contribution in [0.3, 0.4) is 0 Å². The van der Waals surface area contributed by atoms with E-state index in [0.29, 0.717) is 11.3 Å². The summed E-state index contributed by atoms with van der Waals surface area (Å²) in [6.07, 6.45) is 4.69. The molecule has 5 heteroatoms. The highest BCUT2D eigenvalue weighted by Gasteiger charge is 2.68. The average molecular weight is 350 g/mol. The van der Waals surface area contributed by atoms with Gasteiger partial charge in [-0.3, -0.25) is 0 Å². The highest BCUT2D eigenvalue weighted by Crippen LogP contribution is 2.65. The summed E-state index contributed by atoms with van der Waals surface area (Å²) in [7, 11) is -0.217. The molecule has 0 amide bonds. The lowest BCUT2D eigenvalue weighted by molar-refractivity contribution is -0.199. The maximum atomic E-state index is 6.45. The molecule has 0 aromatic carbocycles. The van der Waals surface area contributed by atoms with Crippen LogP contribution in [0.25, 0.3) is 0 Å². The molecule has 0 spiro atoms. The smallest absolute Gasteiger partial charge is 0.404 e. The Kier molecular flexibility index (Phi) is 3.78. The average Bonchev–Trinajstić information content (AvgIpc) is 2.72. The van der Waals surface area contributed by atoms with Crippen molar-refractivity contribution in [2.45, 2.75) is 63.4 Å². The molecule has 4 aliphatic rings. The van der Waals surface area contributed by atoms with E-state index in [1.165, 1.54) is 6.42 Å². The van der Waals surface area contributed by atoms with E-state index in [2.05, 4.69) is 36.7 Å². The van der Waals surface area contributed by atoms with Crippen LogP contribution in [0.15, 0.2) is 0 Å². The largest absolute Gasteiger partial charge is 0.476 e. The molecule has 4 unspecified atom stereocenters. The number of rotatable bonds is 4. The van der Waals surface area contributed by atoms with Gasteiger partial charge < -0.3 is 9.31 Å². The molecule has 5 atom stereocenters. The van der Waals surface area contributed by atoms with Crippen molar-refractivity contribution in [1.29, 1.82) is 0 Å². The molecule has 1 saturated heterocycles. The van der Waals surface area contributed by atoms with Crippen LogP contribution in [0.2, 0.25) is 0 Å². The molecule has 3 aliphatic carbocycles. The zero-order chi connectivity index (χ0) is 13.8. The molecule has 3 saturated carbocycles. The van der Waals surface area contributed by atoms with E-state index in [-0.39, 0.29) is 24.1 Å². The van der Waals surface area contributed by atoms with Crippen molar-refractivity contribution in [3.8, 4) is 0 Å². The minimum Gasteiger partial charge on any atom is -0.404 e. The molecule has 4 fully saturated rings. The first kappa shape index (κ1) is 14.7. The Balaban J connectivity index is 1.70. The molecular formula is C14H23BBrClO2. The van der Waals surface area contributed by atoms with Crippen LogP contribution in [0.1, 0.15) is 46.5 Å². The maximum Gasteiger partial charge on any atom is 0.476 e. The van der Waals surface area contributed by atoms with E-state index >= 15 is 0 Å². The van der Waals surface area contributed by atoms with E-state index < -0.39 is 0 Å². The summed E-state index contributed by atoms with van der Waals surface area (Å²) in [6.45, 7) is 7.01. The summed E-state index contributed by atoms with van der Waals surface area (Å²) in [5.41, 5.74) is 0.283. The van der Waals surface area contributed by atoms with Crippen molar-refractivity contribution in [2.75, 3.05) is 5.33 Å². The van der Waals surface area contributed by atoms with E-state index in [9.17, 15) is 0 Å². The zero-order valence-corrected chi connectivity index (χ0v) is 14.3. The van der Waals surface area contributed by atoms with E-state index in [0.717, 1.165) is 30.5 Å². The first-order valence-corrected chi connectivity index (χ1v) is 8.98. The highest BCUT2D eigenvalue weighted by molar-refractivity contribution is 9.09. The molecule has 19 heavy (non-hydrogen) atoms. The molecule has 2 nitrogen and oxygen atoms in total. The second-order valence-electron chi connectivity index (χ2n) is 7.18. The van der Waals surface area contributed by atoms with Gasteiger partial charge >= 0.3 is 7.12 Å². The van der Waals surface area contributed by atoms with Gasteiger partial charge in [-0.15, -0.1) is 11.6 Å². The van der Waals surface area contributed by atoms with Gasteiger partial charge in [-0.25, -0.2) is 0 Å². The Morgan fingerprint density at radius 3 is 2.74 bits per heavy atom. The van der Waals surface area contributed by atoms with Gasteiger partial charge in [0.1, 0.15) is 0 Å². The Labute approximate surface area is 130 Å². The van der Waals surface area contributed by atoms with Gasteiger partial charge in [-0.05, 0) is 49.9 Å². The van der Waals surface area contributed by atoms with Crippen molar-refractivity contribution in [2.24, 2.45) is 17.3 Å². The molecule has 2 bridgehead atoms. The summed E-state index contributed by atoms with van der Waals surface area (Å²) in [5.74, 6) is 1.42. The summed E-state index contributed by atoms with van der Waals surface area (Å²) >= 11 is 9.90. The van der Waals surface area contributed by atoms with E-state index in [4.69, 9.17) is 20.9 Å². The number of halogens is 2. The van der Waals surface area contributed by atoms with Crippen LogP contribution in [0.4, 0.5) is 0 Å². The second-order valence-corrected chi connectivity index (χ2v) is 8.54. The van der Waals surface area contributed by atoms with Gasteiger partial charge in [0.25, 0.3) is 0 Å². The van der Waals surface area contributed by atoms with E-state index in [1.807, 2.05) is 0 Å². The van der Waals surface area contributed by atoms with Gasteiger partial charge in [0, 0.05) is 5.33 Å². The molecule has 1 aliphatic heterocycles. The Bertz CT molecular complexity index is 367. The van der Waals surface area contributed by atoms with Gasteiger partial charge in [-0.1, -0.05) is 29.8 Å². The van der Waals surface area contributed by atoms with Crippen LogP contribution in [0, 0.1) is 17.3 Å². The summed E-state index contributed by atoms with van der Waals surface area (Å²) < 4.78 is 12.5. The van der Waals surface area contributed by atoms with Crippen LogP contribution in [-0.2, 0) is 9.31 Å². The quantitative estimate of drug-likeness (QED) is 0.563. The number of hydrogen-bond acceptors (Lipinski definition) is 2. The molecule has 0 N–H and O–H groups in total. The van der Waals surface area contributed by atoms with Gasteiger partial charge in [0.15, 0.2) is 0 Å². The number of hydrogen-bond donors (Lipinski definition) is 0. The minimum atomic E-state index is -0.217. The Morgan fingerprint density at radius 1 is 1.37 bits per heavy atom. The van der Waals surface area contributed by atoms with Crippen molar-refractivity contribution in [3.63, 3.8) is 0 Å². The van der Waals surface area contributed by atoms with Crippen molar-refractivity contribution < 1.29 is 9.31 Å². The zero-order valence-electron chi connectivity index (χ0n) is 12.0. The predicted octanol–water partition coefficient (Wildman–Crippen LogP) is 4.04. The van der Waals surface area contributed by atoms with Crippen molar-refractivity contribution in [1.82, 2.24) is 0 Å². The normalized spacial score (nSPS) is 44.7. The van der Waals surface area contributed by atoms with Crippen molar-refractivity contribution in [3.05, 3.63) is 0 Å². The standard InChI is InChI=1S/C14H23BBrClO2/c1-13(2)9-7-10(13)14(3)11(8-9)18-15(19-14)12(17)5-4-6-16/h9-12H,4-8H2,1-3H3/t9?,10?,11?,12?,14-/m0/s1. The predicted molar refractivity (Wildman–Crippen MR) is 82.8 cm³/mol. The molecule has 0 radical (unpaired) electrons. The van der Waals surface area contributed by atoms with E-state index in [1.54, 1.807) is 0 Å². The molecule has 1 heterocycles. The molecule has 4 rings (SSSR count). The first-order chi connectivity index (χ1) is 8.89. The van der Waals surface area contributed by atoms with Crippen molar-refractivity contribution >= 4 is 34.6 Å². The summed E-state index contributed by atoms with van der Waals surface area (Å²) in [6, 6.07) is 0. The third-order valence-corrected chi connectivity index (χ3v) is 6.86. The topological polar surface area (TPSA) is 18.5 Å². The lowest BCUT2D eigenvalue weighted by Crippen LogP contribution is -2.65. The fourth-order valence-corrected chi connectivity index (χ4v) is 5.05. The third-order valence-electron chi connectivity index (χ3n) is 5.88.